The largest absolute Gasteiger partial charge is 0.480 e. The molecule has 1 aromatic carbocycles. The molecule has 28 heavy (non-hydrogen) atoms. The number of carboxylic acid groups (broad SMARTS) is 1. The van der Waals surface area contributed by atoms with Crippen LogP contribution in [0.1, 0.15) is 63.2 Å². The van der Waals surface area contributed by atoms with Gasteiger partial charge in [-0.2, -0.15) is 0 Å². The Hall–Kier alpha value is -2.74. The van der Waals surface area contributed by atoms with Gasteiger partial charge in [-0.15, -0.1) is 0 Å². The lowest BCUT2D eigenvalue weighted by molar-refractivity contribution is -0.147. The van der Waals surface area contributed by atoms with Crippen molar-refractivity contribution in [3.63, 3.8) is 0 Å². The molecule has 1 N–H and O–H groups in total. The van der Waals surface area contributed by atoms with Gasteiger partial charge in [-0.05, 0) is 31.0 Å². The average Bonchev–Trinajstić information content (AvgIpc) is 2.98. The summed E-state index contributed by atoms with van der Waals surface area (Å²) in [5.74, 6) is -2.28. The lowest BCUT2D eigenvalue weighted by Crippen LogP contribution is -2.52. The molecule has 1 atom stereocenters. The lowest BCUT2D eigenvalue weighted by Gasteiger charge is -2.32. The summed E-state index contributed by atoms with van der Waals surface area (Å²) in [6.07, 6.45) is 4.73. The third-order valence-electron chi connectivity index (χ3n) is 5.78. The maximum Gasteiger partial charge on any atom is 0.328 e. The highest BCUT2D eigenvalue weighted by Gasteiger charge is 2.41. The molecule has 1 aliphatic carbocycles. The molecule has 2 fully saturated rings. The summed E-state index contributed by atoms with van der Waals surface area (Å²) in [5.41, 5.74) is 0.740. The van der Waals surface area contributed by atoms with E-state index in [4.69, 9.17) is 4.74 Å². The van der Waals surface area contributed by atoms with Crippen molar-refractivity contribution in [3.8, 4) is 0 Å². The first-order valence-electron chi connectivity index (χ1n) is 9.62. The molecule has 1 aromatic rings. The Kier molecular flexibility index (Phi) is 4.89. The smallest absolute Gasteiger partial charge is 0.328 e. The van der Waals surface area contributed by atoms with Gasteiger partial charge in [-0.1, -0.05) is 19.3 Å². The van der Waals surface area contributed by atoms with Gasteiger partial charge in [0.15, 0.2) is 6.04 Å². The van der Waals surface area contributed by atoms with Crippen molar-refractivity contribution in [2.24, 2.45) is 0 Å². The van der Waals surface area contributed by atoms with Crippen molar-refractivity contribution in [1.82, 2.24) is 9.80 Å². The molecule has 0 aromatic heterocycles. The van der Waals surface area contributed by atoms with Crippen LogP contribution >= 0.6 is 0 Å². The fourth-order valence-corrected chi connectivity index (χ4v) is 4.28. The fraction of sp³-hybridized carbons (Fsp3) is 0.500. The summed E-state index contributed by atoms with van der Waals surface area (Å²) in [6.45, 7) is 0.347. The van der Waals surface area contributed by atoms with Crippen LogP contribution in [0, 0.1) is 0 Å². The van der Waals surface area contributed by atoms with E-state index in [1.165, 1.54) is 28.0 Å². The number of ether oxygens (including phenoxy) is 1. The minimum atomic E-state index is -1.14. The number of hydrogen-bond acceptors (Lipinski definition) is 5. The molecule has 8 nitrogen and oxygen atoms in total. The van der Waals surface area contributed by atoms with E-state index >= 15 is 0 Å². The van der Waals surface area contributed by atoms with Crippen molar-refractivity contribution in [2.45, 2.75) is 44.2 Å². The minimum absolute atomic E-state index is 0.0705. The van der Waals surface area contributed by atoms with Crippen LogP contribution in [0.4, 0.5) is 0 Å². The molecule has 1 saturated carbocycles. The van der Waals surface area contributed by atoms with Gasteiger partial charge >= 0.3 is 5.97 Å². The Bertz CT molecular complexity index is 845. The molecule has 1 unspecified atom stereocenters. The van der Waals surface area contributed by atoms with E-state index in [2.05, 4.69) is 0 Å². The summed E-state index contributed by atoms with van der Waals surface area (Å²) >= 11 is 0. The van der Waals surface area contributed by atoms with Gasteiger partial charge in [-0.3, -0.25) is 19.3 Å². The molecule has 0 radical (unpaired) electrons. The number of morpholine rings is 1. The van der Waals surface area contributed by atoms with E-state index in [1.54, 1.807) is 0 Å². The third-order valence-corrected chi connectivity index (χ3v) is 5.78. The predicted molar refractivity (Wildman–Crippen MR) is 97.1 cm³/mol. The number of fused-ring (bicyclic) bond motifs is 1. The van der Waals surface area contributed by atoms with Gasteiger partial charge in [0, 0.05) is 18.2 Å². The maximum atomic E-state index is 12.9. The second kappa shape index (κ2) is 7.35. The second-order valence-electron chi connectivity index (χ2n) is 7.46. The highest BCUT2D eigenvalue weighted by Crippen LogP contribution is 2.31. The van der Waals surface area contributed by atoms with Crippen LogP contribution in [-0.4, -0.2) is 70.4 Å². The number of amides is 3. The first-order chi connectivity index (χ1) is 13.5. The summed E-state index contributed by atoms with van der Waals surface area (Å²) in [7, 11) is 0. The average molecular weight is 386 g/mol. The second-order valence-corrected chi connectivity index (χ2v) is 7.46. The summed E-state index contributed by atoms with van der Waals surface area (Å²) in [4.78, 5) is 52.5. The Balaban J connectivity index is 1.61. The van der Waals surface area contributed by atoms with E-state index in [-0.39, 0.29) is 48.7 Å². The number of carbonyl (C=O) groups excluding carboxylic acids is 3. The zero-order valence-electron chi connectivity index (χ0n) is 15.4. The Morgan fingerprint density at radius 1 is 1.04 bits per heavy atom. The number of hydrogen-bond donors (Lipinski definition) is 1. The number of carboxylic acids is 1. The van der Waals surface area contributed by atoms with Crippen LogP contribution in [0.3, 0.4) is 0 Å². The highest BCUT2D eigenvalue weighted by atomic mass is 16.5. The van der Waals surface area contributed by atoms with Crippen molar-refractivity contribution < 1.29 is 29.0 Å². The molecule has 4 rings (SSSR count). The molecule has 0 bridgehead atoms. The van der Waals surface area contributed by atoms with E-state index < -0.39 is 17.9 Å². The van der Waals surface area contributed by atoms with Crippen molar-refractivity contribution in [3.05, 3.63) is 34.9 Å². The normalized spacial score (nSPS) is 23.1. The zero-order valence-corrected chi connectivity index (χ0v) is 15.4. The Morgan fingerprint density at radius 3 is 2.46 bits per heavy atom. The van der Waals surface area contributed by atoms with Gasteiger partial charge in [0.25, 0.3) is 17.7 Å². The number of nitrogens with zero attached hydrogens (tertiary/aromatic N) is 2. The molecule has 0 spiro atoms. The molecule has 3 aliphatic rings. The quantitative estimate of drug-likeness (QED) is 0.791. The van der Waals surface area contributed by atoms with Crippen LogP contribution in [0.2, 0.25) is 0 Å². The van der Waals surface area contributed by atoms with Gasteiger partial charge in [0.05, 0.1) is 24.3 Å². The van der Waals surface area contributed by atoms with Crippen molar-refractivity contribution >= 4 is 23.7 Å². The number of aliphatic carboxylic acids is 1. The molecule has 1 saturated heterocycles. The topological polar surface area (TPSA) is 104 Å². The zero-order chi connectivity index (χ0) is 19.8. The van der Waals surface area contributed by atoms with E-state index in [9.17, 15) is 24.3 Å². The number of imide groups is 1. The van der Waals surface area contributed by atoms with Crippen molar-refractivity contribution in [1.29, 1.82) is 0 Å². The van der Waals surface area contributed by atoms with Gasteiger partial charge in [0.1, 0.15) is 0 Å². The van der Waals surface area contributed by atoms with Crippen LogP contribution in [0.25, 0.3) is 0 Å². The molecule has 2 heterocycles. The fourth-order valence-electron chi connectivity index (χ4n) is 4.28. The van der Waals surface area contributed by atoms with Crippen LogP contribution in [-0.2, 0) is 9.53 Å². The number of rotatable bonds is 3. The lowest BCUT2D eigenvalue weighted by atomic mass is 9.94. The minimum Gasteiger partial charge on any atom is -0.480 e. The maximum absolute atomic E-state index is 12.9. The summed E-state index contributed by atoms with van der Waals surface area (Å²) < 4.78 is 5.17. The van der Waals surface area contributed by atoms with E-state index in [0.717, 1.165) is 32.1 Å². The van der Waals surface area contributed by atoms with Gasteiger partial charge < -0.3 is 14.7 Å². The van der Waals surface area contributed by atoms with Gasteiger partial charge in [0.2, 0.25) is 0 Å². The molecular weight excluding hydrogens is 364 g/mol. The Labute approximate surface area is 162 Å². The van der Waals surface area contributed by atoms with Crippen LogP contribution in [0.5, 0.6) is 0 Å². The van der Waals surface area contributed by atoms with Crippen LogP contribution in [0.15, 0.2) is 18.2 Å². The van der Waals surface area contributed by atoms with Crippen LogP contribution < -0.4 is 0 Å². The summed E-state index contributed by atoms with van der Waals surface area (Å²) in [5, 5.41) is 9.34. The molecular formula is C20H22N2O6. The monoisotopic (exact) mass is 386 g/mol. The predicted octanol–water partition coefficient (Wildman–Crippen LogP) is 1.54. The third kappa shape index (κ3) is 3.07. The molecule has 3 amide bonds. The molecule has 148 valence electrons. The van der Waals surface area contributed by atoms with Crippen molar-refractivity contribution in [2.75, 3.05) is 19.8 Å². The number of benzene rings is 1. The standard InChI is InChI=1S/C20H22N2O6/c23-17(21-8-9-28-11-16(21)20(26)27)12-6-7-14-15(10-12)19(25)22(18(14)24)13-4-2-1-3-5-13/h6-7,10,13,16H,1-5,8-9,11H2,(H,26,27). The number of carbonyl (C=O) groups is 4. The summed E-state index contributed by atoms with van der Waals surface area (Å²) in [6, 6.07) is 3.27. The highest BCUT2D eigenvalue weighted by molar-refractivity contribution is 6.22. The Morgan fingerprint density at radius 2 is 1.75 bits per heavy atom. The van der Waals surface area contributed by atoms with E-state index in [0.29, 0.717) is 5.56 Å². The SMILES string of the molecule is O=C(O)C1COCCN1C(=O)c1ccc2c(c1)C(=O)N(C1CCCCC1)C2=O. The first-order valence-corrected chi connectivity index (χ1v) is 9.62. The van der Waals surface area contributed by atoms with E-state index in [1.807, 2.05) is 0 Å². The molecule has 8 heteroatoms. The first kappa shape index (κ1) is 18.6. The molecule has 2 aliphatic heterocycles. The van der Waals surface area contributed by atoms with Gasteiger partial charge in [-0.25, -0.2) is 4.79 Å².